The van der Waals surface area contributed by atoms with Crippen LogP contribution in [0.25, 0.3) is 16.6 Å². The molecule has 0 radical (unpaired) electrons. The van der Waals surface area contributed by atoms with Crippen LogP contribution in [0.5, 0.6) is 0 Å². The number of hydrogen-bond acceptors (Lipinski definition) is 5. The van der Waals surface area contributed by atoms with E-state index >= 15 is 0 Å². The van der Waals surface area contributed by atoms with Crippen LogP contribution in [0, 0.1) is 6.92 Å². The van der Waals surface area contributed by atoms with Gasteiger partial charge in [0.25, 0.3) is 16.5 Å². The third kappa shape index (κ3) is 3.69. The van der Waals surface area contributed by atoms with Gasteiger partial charge in [-0.25, -0.2) is 12.4 Å². The maximum atomic E-state index is 13.3. The summed E-state index contributed by atoms with van der Waals surface area (Å²) in [6.07, 6.45) is 6.40. The Labute approximate surface area is 163 Å². The molecule has 1 aromatic carbocycles. The first-order chi connectivity index (χ1) is 13.5. The fourth-order valence-corrected chi connectivity index (χ4v) is 4.87. The Morgan fingerprint density at radius 3 is 2.64 bits per heavy atom. The van der Waals surface area contributed by atoms with Gasteiger partial charge in [0, 0.05) is 24.5 Å². The van der Waals surface area contributed by atoms with Gasteiger partial charge in [0.15, 0.2) is 0 Å². The highest BCUT2D eigenvalue weighted by Crippen LogP contribution is 2.31. The molecule has 0 bridgehead atoms. The third-order valence-corrected chi connectivity index (χ3v) is 6.40. The monoisotopic (exact) mass is 399 g/mol. The van der Waals surface area contributed by atoms with Crippen molar-refractivity contribution in [1.82, 2.24) is 14.3 Å². The van der Waals surface area contributed by atoms with Crippen molar-refractivity contribution in [3.8, 4) is 0 Å². The molecule has 1 aliphatic heterocycles. The highest BCUT2D eigenvalue weighted by Gasteiger charge is 2.24. The minimum absolute atomic E-state index is 0.250. The first kappa shape index (κ1) is 19.8. The molecule has 28 heavy (non-hydrogen) atoms. The van der Waals surface area contributed by atoms with E-state index in [1.54, 1.807) is 30.6 Å². The molecule has 1 aliphatic rings. The first-order valence-electron chi connectivity index (χ1n) is 8.76. The molecule has 3 heterocycles. The lowest BCUT2D eigenvalue weighted by Gasteiger charge is -2.13. The Kier molecular flexibility index (Phi) is 5.91. The molecule has 0 saturated carbocycles. The maximum Gasteiger partial charge on any atom is 0.290 e. The molecule has 146 valence electrons. The van der Waals surface area contributed by atoms with Crippen molar-refractivity contribution in [3.63, 3.8) is 0 Å². The zero-order valence-corrected chi connectivity index (χ0v) is 16.2. The lowest BCUT2D eigenvalue weighted by atomic mass is 10.0. The standard InChI is InChI=1S/C19H19N3O2S.CH2O2/c1-14-5-2-3-7-18(14)25(23,24)22-13-16(15-8-11-20-12-9-15)19-17(22)6-4-10-21-19;2-1-3/h2-8,10,13,20H,9,11-12H2,1H3;1H,(H,2,3). The van der Waals surface area contributed by atoms with Crippen molar-refractivity contribution in [2.24, 2.45) is 0 Å². The maximum absolute atomic E-state index is 13.3. The molecular formula is C20H21N3O4S. The number of fused-ring (bicyclic) bond motifs is 1. The Hall–Kier alpha value is -2.97. The molecule has 0 saturated heterocycles. The van der Waals surface area contributed by atoms with Gasteiger partial charge in [0.1, 0.15) is 0 Å². The Morgan fingerprint density at radius 2 is 1.96 bits per heavy atom. The van der Waals surface area contributed by atoms with Gasteiger partial charge < -0.3 is 10.4 Å². The van der Waals surface area contributed by atoms with E-state index < -0.39 is 10.0 Å². The molecule has 2 aromatic heterocycles. The SMILES string of the molecule is Cc1ccccc1S(=O)(=O)n1cc(C2=CCNCC2)c2ncccc21.O=CO. The number of pyridine rings is 1. The lowest BCUT2D eigenvalue weighted by Crippen LogP contribution is -2.20. The van der Waals surface area contributed by atoms with E-state index in [1.165, 1.54) is 3.97 Å². The van der Waals surface area contributed by atoms with Crippen LogP contribution in [0.2, 0.25) is 0 Å². The fraction of sp³-hybridized carbons (Fsp3) is 0.200. The van der Waals surface area contributed by atoms with Crippen LogP contribution < -0.4 is 5.32 Å². The Balaban J connectivity index is 0.000000706. The minimum atomic E-state index is -3.68. The van der Waals surface area contributed by atoms with Crippen molar-refractivity contribution >= 4 is 33.1 Å². The molecule has 4 rings (SSSR count). The van der Waals surface area contributed by atoms with Gasteiger partial charge in [-0.3, -0.25) is 9.78 Å². The number of rotatable bonds is 3. The van der Waals surface area contributed by atoms with Crippen LogP contribution >= 0.6 is 0 Å². The molecule has 7 nitrogen and oxygen atoms in total. The van der Waals surface area contributed by atoms with Crippen LogP contribution in [-0.2, 0) is 14.8 Å². The van der Waals surface area contributed by atoms with E-state index in [1.807, 2.05) is 25.1 Å². The van der Waals surface area contributed by atoms with Gasteiger partial charge in [-0.05, 0) is 49.2 Å². The molecule has 2 N–H and O–H groups in total. The van der Waals surface area contributed by atoms with Crippen molar-refractivity contribution in [2.75, 3.05) is 13.1 Å². The largest absolute Gasteiger partial charge is 0.483 e. The number of aryl methyl sites for hydroxylation is 1. The third-order valence-electron chi connectivity index (χ3n) is 4.57. The predicted octanol–water partition coefficient (Wildman–Crippen LogP) is 2.66. The molecule has 0 fully saturated rings. The number of benzene rings is 1. The molecule has 0 amide bonds. The van der Waals surface area contributed by atoms with Crippen molar-refractivity contribution in [2.45, 2.75) is 18.2 Å². The predicted molar refractivity (Wildman–Crippen MR) is 108 cm³/mol. The minimum Gasteiger partial charge on any atom is -0.483 e. The normalized spacial score (nSPS) is 14.1. The fourth-order valence-electron chi connectivity index (χ4n) is 3.28. The quantitative estimate of drug-likeness (QED) is 0.657. The van der Waals surface area contributed by atoms with E-state index in [0.29, 0.717) is 10.4 Å². The van der Waals surface area contributed by atoms with Gasteiger partial charge >= 0.3 is 0 Å². The molecular weight excluding hydrogens is 378 g/mol. The second-order valence-electron chi connectivity index (χ2n) is 6.27. The summed E-state index contributed by atoms with van der Waals surface area (Å²) in [5, 5.41) is 10.2. The number of nitrogens with zero attached hydrogens (tertiary/aromatic N) is 2. The van der Waals surface area contributed by atoms with E-state index in [4.69, 9.17) is 9.90 Å². The molecule has 0 atom stereocenters. The summed E-state index contributed by atoms with van der Waals surface area (Å²) >= 11 is 0. The number of hydrogen-bond donors (Lipinski definition) is 2. The van der Waals surface area contributed by atoms with E-state index in [9.17, 15) is 8.42 Å². The Bertz CT molecular complexity index is 1130. The van der Waals surface area contributed by atoms with Crippen molar-refractivity contribution in [3.05, 3.63) is 66.0 Å². The second-order valence-corrected chi connectivity index (χ2v) is 8.05. The smallest absolute Gasteiger partial charge is 0.290 e. The topological polar surface area (TPSA) is 101 Å². The average molecular weight is 399 g/mol. The number of carbonyl (C=O) groups is 1. The van der Waals surface area contributed by atoms with Gasteiger partial charge in [-0.1, -0.05) is 24.3 Å². The summed E-state index contributed by atoms with van der Waals surface area (Å²) in [6, 6.07) is 10.6. The molecule has 3 aromatic rings. The zero-order valence-electron chi connectivity index (χ0n) is 15.4. The summed E-state index contributed by atoms with van der Waals surface area (Å²) in [5.74, 6) is 0. The van der Waals surface area contributed by atoms with Crippen LogP contribution in [0.3, 0.4) is 0 Å². The van der Waals surface area contributed by atoms with Crippen LogP contribution in [-0.4, -0.2) is 42.0 Å². The zero-order chi connectivity index (χ0) is 20.1. The highest BCUT2D eigenvalue weighted by molar-refractivity contribution is 7.90. The van der Waals surface area contributed by atoms with Crippen LogP contribution in [0.4, 0.5) is 0 Å². The summed E-state index contributed by atoms with van der Waals surface area (Å²) in [7, 11) is -3.68. The summed E-state index contributed by atoms with van der Waals surface area (Å²) in [4.78, 5) is 13.1. The molecule has 0 spiro atoms. The van der Waals surface area contributed by atoms with Crippen LogP contribution in [0.15, 0.2) is 59.8 Å². The summed E-state index contributed by atoms with van der Waals surface area (Å²) in [6.45, 7) is 3.24. The van der Waals surface area contributed by atoms with Crippen LogP contribution in [0.1, 0.15) is 17.5 Å². The molecule has 8 heteroatoms. The molecule has 0 aliphatic carbocycles. The number of nitrogens with one attached hydrogen (secondary N) is 1. The number of carboxylic acid groups (broad SMARTS) is 1. The van der Waals surface area contributed by atoms with Crippen molar-refractivity contribution < 1.29 is 18.3 Å². The van der Waals surface area contributed by atoms with E-state index in [2.05, 4.69) is 16.4 Å². The van der Waals surface area contributed by atoms with Gasteiger partial charge in [0.2, 0.25) is 0 Å². The summed E-state index contributed by atoms with van der Waals surface area (Å²) < 4.78 is 27.9. The molecule has 0 unspecified atom stereocenters. The lowest BCUT2D eigenvalue weighted by molar-refractivity contribution is -0.122. The van der Waals surface area contributed by atoms with E-state index in [-0.39, 0.29) is 6.47 Å². The van der Waals surface area contributed by atoms with E-state index in [0.717, 1.165) is 41.7 Å². The van der Waals surface area contributed by atoms with Crippen molar-refractivity contribution in [1.29, 1.82) is 0 Å². The van der Waals surface area contributed by atoms with Gasteiger partial charge in [-0.2, -0.15) is 0 Å². The first-order valence-corrected chi connectivity index (χ1v) is 10.2. The highest BCUT2D eigenvalue weighted by atomic mass is 32.2. The summed E-state index contributed by atoms with van der Waals surface area (Å²) in [5.41, 5.74) is 4.11. The number of aromatic nitrogens is 2. The average Bonchev–Trinajstić information content (AvgIpc) is 3.10. The van der Waals surface area contributed by atoms with Gasteiger partial charge in [-0.15, -0.1) is 0 Å². The van der Waals surface area contributed by atoms with Gasteiger partial charge in [0.05, 0.1) is 15.9 Å². The second kappa shape index (κ2) is 8.37. The Morgan fingerprint density at radius 1 is 1.21 bits per heavy atom.